The van der Waals surface area contributed by atoms with E-state index in [1.807, 2.05) is 18.2 Å². The molecule has 4 aromatic rings. The molecule has 0 saturated heterocycles. The molecule has 3 aromatic carbocycles. The van der Waals surface area contributed by atoms with Crippen LogP contribution in [-0.4, -0.2) is 52.9 Å². The van der Waals surface area contributed by atoms with Gasteiger partial charge in [-0.1, -0.05) is 42.5 Å². The molecular formula is C33H30F3N6O3+. The highest BCUT2D eigenvalue weighted by Crippen LogP contribution is 2.44. The molecule has 1 aromatic heterocycles. The molecule has 1 N–H and O–H groups in total. The first kappa shape index (κ1) is 31.1. The number of nitrogens with one attached hydrogen (secondary N) is 1. The van der Waals surface area contributed by atoms with Gasteiger partial charge >= 0.3 is 11.9 Å². The molecule has 1 aliphatic rings. The lowest BCUT2D eigenvalue weighted by Gasteiger charge is -2.36. The fraction of sp³-hybridized carbons (Fsp3) is 0.242. The highest BCUT2D eigenvalue weighted by atomic mass is 19.4. The van der Waals surface area contributed by atoms with Crippen LogP contribution in [0.2, 0.25) is 0 Å². The molecule has 1 atom stereocenters. The fourth-order valence-electron chi connectivity index (χ4n) is 5.66. The van der Waals surface area contributed by atoms with Gasteiger partial charge in [-0.3, -0.25) is 4.90 Å². The van der Waals surface area contributed by atoms with Crippen LogP contribution < -0.4 is 10.6 Å². The summed E-state index contributed by atoms with van der Waals surface area (Å²) in [5.74, 6) is 1.76. The number of hydrogen-bond donors (Lipinski definition) is 1. The number of methoxy groups -OCH3 is 1. The Morgan fingerprint density at radius 1 is 1.09 bits per heavy atom. The van der Waals surface area contributed by atoms with Crippen molar-refractivity contribution in [2.24, 2.45) is 0 Å². The number of nitrogens with zero attached hydrogens (tertiary/aromatic N) is 5. The first-order valence-corrected chi connectivity index (χ1v) is 14.0. The number of fused-ring (bicyclic) bond motifs is 1. The summed E-state index contributed by atoms with van der Waals surface area (Å²) < 4.78 is 48.7. The Morgan fingerprint density at radius 2 is 1.84 bits per heavy atom. The zero-order valence-corrected chi connectivity index (χ0v) is 24.8. The number of halogens is 3. The van der Waals surface area contributed by atoms with E-state index in [4.69, 9.17) is 4.74 Å². The monoisotopic (exact) mass is 615 g/mol. The lowest BCUT2D eigenvalue weighted by Crippen LogP contribution is -2.41. The number of aromatic nitrogens is 3. The number of ether oxygens (including phenoxy) is 1. The summed E-state index contributed by atoms with van der Waals surface area (Å²) in [6, 6.07) is 20.8. The average Bonchev–Trinajstić information content (AvgIpc) is 3.40. The van der Waals surface area contributed by atoms with E-state index in [1.165, 1.54) is 34.3 Å². The Morgan fingerprint density at radius 3 is 2.51 bits per heavy atom. The van der Waals surface area contributed by atoms with Gasteiger partial charge < -0.3 is 9.22 Å². The van der Waals surface area contributed by atoms with Crippen LogP contribution in [-0.2, 0) is 28.7 Å². The summed E-state index contributed by atoms with van der Waals surface area (Å²) in [5, 5.41) is 16.3. The summed E-state index contributed by atoms with van der Waals surface area (Å²) in [6.07, 6.45) is -3.09. The third kappa shape index (κ3) is 6.31. The summed E-state index contributed by atoms with van der Waals surface area (Å²) in [7, 11) is 5.55. The van der Waals surface area contributed by atoms with Crippen LogP contribution >= 0.6 is 0 Å². The van der Waals surface area contributed by atoms with Gasteiger partial charge in [0.25, 0.3) is 0 Å². The van der Waals surface area contributed by atoms with Crippen molar-refractivity contribution in [2.75, 3.05) is 32.6 Å². The summed E-state index contributed by atoms with van der Waals surface area (Å²) in [6.45, 7) is 1.42. The topological polar surface area (TPSA) is 104 Å². The second-order valence-electron chi connectivity index (χ2n) is 11.3. The minimum Gasteiger partial charge on any atom is -0.496 e. The predicted molar refractivity (Wildman–Crippen MR) is 161 cm³/mol. The van der Waals surface area contributed by atoms with E-state index in [-0.39, 0.29) is 23.1 Å². The lowest BCUT2D eigenvalue weighted by molar-refractivity contribution is -0.903. The van der Waals surface area contributed by atoms with Crippen LogP contribution in [0.4, 0.5) is 24.8 Å². The van der Waals surface area contributed by atoms with Crippen molar-refractivity contribution < 1.29 is 27.2 Å². The van der Waals surface area contributed by atoms with Crippen LogP contribution in [0.3, 0.4) is 0 Å². The van der Waals surface area contributed by atoms with Crippen molar-refractivity contribution in [1.82, 2.24) is 14.8 Å². The summed E-state index contributed by atoms with van der Waals surface area (Å²) in [5.41, 5.74) is 1.43. The van der Waals surface area contributed by atoms with E-state index in [0.717, 1.165) is 30.3 Å². The highest BCUT2D eigenvalue weighted by molar-refractivity contribution is 5.72. The Bertz CT molecular complexity index is 1900. The van der Waals surface area contributed by atoms with Crippen molar-refractivity contribution in [3.8, 4) is 6.07 Å². The van der Waals surface area contributed by atoms with Crippen molar-refractivity contribution in [2.45, 2.75) is 25.2 Å². The van der Waals surface area contributed by atoms with Crippen LogP contribution in [0.15, 0.2) is 95.1 Å². The molecule has 2 heterocycles. The summed E-state index contributed by atoms with van der Waals surface area (Å²) >= 11 is 0. The molecular weight excluding hydrogens is 585 g/mol. The van der Waals surface area contributed by atoms with Gasteiger partial charge in [-0.25, -0.2) is 19.3 Å². The maximum Gasteiger partial charge on any atom is 0.416 e. The van der Waals surface area contributed by atoms with Crippen LogP contribution in [0.25, 0.3) is 0 Å². The number of hydrogen-bond acceptors (Lipinski definition) is 6. The molecule has 12 heteroatoms. The van der Waals surface area contributed by atoms with Crippen LogP contribution in [0, 0.1) is 11.3 Å². The van der Waals surface area contributed by atoms with Crippen LogP contribution in [0.5, 0.6) is 0 Å². The van der Waals surface area contributed by atoms with E-state index in [0.29, 0.717) is 28.6 Å². The molecule has 0 unspecified atom stereocenters. The molecule has 5 rings (SSSR count). The fourth-order valence-corrected chi connectivity index (χ4v) is 5.66. The highest BCUT2D eigenvalue weighted by Gasteiger charge is 2.40. The molecule has 0 aliphatic carbocycles. The number of H-pyrrole nitrogens is 1. The molecule has 45 heavy (non-hydrogen) atoms. The molecule has 230 valence electrons. The van der Waals surface area contributed by atoms with Gasteiger partial charge in [-0.2, -0.15) is 18.4 Å². The number of quaternary nitrogens is 1. The maximum absolute atomic E-state index is 13.7. The second-order valence-corrected chi connectivity index (χ2v) is 11.3. The number of carbonyl (C=O) groups excluding carboxylic acids is 1. The number of anilines is 2. The van der Waals surface area contributed by atoms with E-state index in [2.05, 4.69) is 42.5 Å². The number of aromatic amines is 1. The molecule has 0 radical (unpaired) electrons. The minimum atomic E-state index is -4.64. The lowest BCUT2D eigenvalue weighted by atomic mass is 9.92. The Hall–Kier alpha value is -5.37. The zero-order valence-electron chi connectivity index (χ0n) is 24.8. The molecule has 0 saturated carbocycles. The molecule has 0 amide bonds. The van der Waals surface area contributed by atoms with Gasteiger partial charge in [0.15, 0.2) is 0 Å². The third-order valence-electron chi connectivity index (χ3n) is 7.74. The maximum atomic E-state index is 13.7. The van der Waals surface area contributed by atoms with Crippen molar-refractivity contribution in [3.63, 3.8) is 0 Å². The van der Waals surface area contributed by atoms with Gasteiger partial charge in [0, 0.05) is 23.7 Å². The standard InChI is InChI=1S/C33H29F3N6O3/c1-42(2,21-22-8-5-4-6-9-22)16-14-24-18-23(20-37)12-13-27(24)29-30(45-3)28(15-17-43)40(31-38-39-32(44)41(29)31)26-11-7-10-25(19-26)33(34,35)36/h4-13,15,18-19,29H,14,16,21H2,1-3H3/p+1/t29-/m1/s1. The summed E-state index contributed by atoms with van der Waals surface area (Å²) in [4.78, 5) is 26.4. The number of nitriles is 1. The number of rotatable bonds is 9. The van der Waals surface area contributed by atoms with Gasteiger partial charge in [0.1, 0.15) is 30.0 Å². The third-order valence-corrected chi connectivity index (χ3v) is 7.74. The number of benzene rings is 3. The van der Waals surface area contributed by atoms with Crippen molar-refractivity contribution in [1.29, 1.82) is 5.26 Å². The van der Waals surface area contributed by atoms with Crippen molar-refractivity contribution in [3.05, 3.63) is 129 Å². The zero-order chi connectivity index (χ0) is 32.4. The van der Waals surface area contributed by atoms with E-state index >= 15 is 0 Å². The molecule has 1 aliphatic heterocycles. The Kier molecular flexibility index (Phi) is 8.51. The van der Waals surface area contributed by atoms with Gasteiger partial charge in [-0.05, 0) is 41.5 Å². The van der Waals surface area contributed by atoms with E-state index in [1.54, 1.807) is 24.1 Å². The van der Waals surface area contributed by atoms with Crippen molar-refractivity contribution >= 4 is 17.6 Å². The van der Waals surface area contributed by atoms with Gasteiger partial charge in [-0.15, -0.1) is 5.10 Å². The Labute approximate surface area is 257 Å². The molecule has 0 fully saturated rings. The smallest absolute Gasteiger partial charge is 0.416 e. The second kappa shape index (κ2) is 12.3. The number of alkyl halides is 3. The quantitative estimate of drug-likeness (QED) is 0.203. The number of allylic oxidation sites excluding steroid dienone is 2. The minimum absolute atomic E-state index is 0.000381. The first-order chi connectivity index (χ1) is 21.5. The van der Waals surface area contributed by atoms with Crippen LogP contribution in [0.1, 0.15) is 33.9 Å². The molecule has 0 bridgehead atoms. The number of likely N-dealkylation sites (N-methyl/N-ethyl adjacent to an activating group) is 1. The van der Waals surface area contributed by atoms with Gasteiger partial charge in [0.05, 0.1) is 44.9 Å². The molecule has 0 spiro atoms. The average molecular weight is 616 g/mol. The first-order valence-electron chi connectivity index (χ1n) is 14.0. The largest absolute Gasteiger partial charge is 0.496 e. The predicted octanol–water partition coefficient (Wildman–Crippen LogP) is 5.27. The molecule has 9 nitrogen and oxygen atoms in total. The van der Waals surface area contributed by atoms with E-state index < -0.39 is 23.5 Å². The van der Waals surface area contributed by atoms with E-state index in [9.17, 15) is 28.0 Å². The Balaban J connectivity index is 1.65. The SMILES string of the molecule is COC1=C(C=C=O)N(c2cccc(C(F)(F)F)c2)c2n[nH]c(=O)n2[C@@H]1c1ccc(C#N)cc1CC[N+](C)(C)Cc1ccccc1. The normalized spacial score (nSPS) is 14.9. The van der Waals surface area contributed by atoms with Gasteiger partial charge in [0.2, 0.25) is 5.95 Å².